The minimum absolute atomic E-state index is 0.117. The van der Waals surface area contributed by atoms with Crippen molar-refractivity contribution < 1.29 is 14.3 Å². The molecule has 0 fully saturated rings. The number of hydrogen-bond donors (Lipinski definition) is 1. The van der Waals surface area contributed by atoms with E-state index >= 15 is 0 Å². The molecule has 0 atom stereocenters. The molecule has 0 unspecified atom stereocenters. The number of carbonyl (C=O) groups is 1. The van der Waals surface area contributed by atoms with E-state index in [1.807, 2.05) is 61.5 Å². The number of nitriles is 1. The van der Waals surface area contributed by atoms with Gasteiger partial charge in [-0.3, -0.25) is 4.79 Å². The zero-order valence-corrected chi connectivity index (χ0v) is 14.3. The van der Waals surface area contributed by atoms with Crippen LogP contribution in [0.25, 0.3) is 0 Å². The van der Waals surface area contributed by atoms with Crippen LogP contribution >= 0.6 is 0 Å². The minimum atomic E-state index is -0.257. The van der Waals surface area contributed by atoms with Crippen molar-refractivity contribution in [3.63, 3.8) is 0 Å². The summed E-state index contributed by atoms with van der Waals surface area (Å²) in [6, 6.07) is 17.4. The zero-order valence-electron chi connectivity index (χ0n) is 14.3. The lowest BCUT2D eigenvalue weighted by molar-refractivity contribution is -0.120. The summed E-state index contributed by atoms with van der Waals surface area (Å²) in [4.78, 5) is 11.3. The summed E-state index contributed by atoms with van der Waals surface area (Å²) in [5, 5.41) is 11.2. The number of nitrogens with zero attached hydrogens (tertiary/aromatic N) is 1. The smallest absolute Gasteiger partial charge is 0.234 e. The molecule has 0 aliphatic heterocycles. The van der Waals surface area contributed by atoms with E-state index in [9.17, 15) is 4.79 Å². The van der Waals surface area contributed by atoms with Crippen LogP contribution in [0.4, 0.5) is 0 Å². The van der Waals surface area contributed by atoms with E-state index < -0.39 is 0 Å². The summed E-state index contributed by atoms with van der Waals surface area (Å²) in [6.45, 7) is 3.40. The first kappa shape index (κ1) is 18.3. The van der Waals surface area contributed by atoms with Crippen molar-refractivity contribution in [3.8, 4) is 17.6 Å². The lowest BCUT2D eigenvalue weighted by atomic mass is 10.1. The summed E-state index contributed by atoms with van der Waals surface area (Å²) in [5.74, 6) is 1.35. The fourth-order valence-electron chi connectivity index (χ4n) is 2.27. The lowest BCUT2D eigenvalue weighted by Gasteiger charge is -2.12. The van der Waals surface area contributed by atoms with Crippen LogP contribution < -0.4 is 14.8 Å². The Labute approximate surface area is 148 Å². The molecule has 1 N–H and O–H groups in total. The maximum absolute atomic E-state index is 11.3. The molecule has 0 saturated heterocycles. The molecule has 0 aliphatic carbocycles. The fraction of sp³-hybridized carbons (Fsp3) is 0.300. The third-order valence-electron chi connectivity index (χ3n) is 3.56. The van der Waals surface area contributed by atoms with E-state index in [-0.39, 0.29) is 12.3 Å². The number of ether oxygens (including phenoxy) is 2. The van der Waals surface area contributed by atoms with Crippen LogP contribution in [-0.4, -0.2) is 25.7 Å². The highest BCUT2D eigenvalue weighted by atomic mass is 16.5. The number of benzene rings is 2. The second kappa shape index (κ2) is 9.99. The van der Waals surface area contributed by atoms with Gasteiger partial charge in [-0.25, -0.2) is 0 Å². The van der Waals surface area contributed by atoms with Crippen molar-refractivity contribution in [2.75, 3.05) is 19.8 Å². The standard InChI is InChI=1S/C20H22N2O3/c1-16-6-8-18(9-7-16)24-14-15-25-19-5-3-2-4-17(19)11-13-22-20(23)10-12-21/h2-9H,10-11,13-15H2,1H3,(H,22,23). The van der Waals surface area contributed by atoms with Gasteiger partial charge in [-0.15, -0.1) is 0 Å². The molecule has 0 aromatic heterocycles. The van der Waals surface area contributed by atoms with E-state index in [1.165, 1.54) is 5.56 Å². The van der Waals surface area contributed by atoms with Crippen molar-refractivity contribution in [1.29, 1.82) is 5.26 Å². The van der Waals surface area contributed by atoms with Gasteiger partial charge in [0.15, 0.2) is 0 Å². The molecule has 0 heterocycles. The van der Waals surface area contributed by atoms with Gasteiger partial charge in [0.1, 0.15) is 31.1 Å². The first-order valence-corrected chi connectivity index (χ1v) is 8.23. The second-order valence-electron chi connectivity index (χ2n) is 5.55. The number of hydrogen-bond acceptors (Lipinski definition) is 4. The Balaban J connectivity index is 1.76. The Bertz CT molecular complexity index is 720. The third kappa shape index (κ3) is 6.56. The molecule has 25 heavy (non-hydrogen) atoms. The predicted octanol–water partition coefficient (Wildman–Crippen LogP) is 3.03. The number of amides is 1. The first-order valence-electron chi connectivity index (χ1n) is 8.23. The molecule has 0 saturated carbocycles. The molecule has 2 aromatic carbocycles. The summed E-state index contributed by atoms with van der Waals surface area (Å²) in [7, 11) is 0. The SMILES string of the molecule is Cc1ccc(OCCOc2ccccc2CCNC(=O)CC#N)cc1. The second-order valence-corrected chi connectivity index (χ2v) is 5.55. The monoisotopic (exact) mass is 338 g/mol. The topological polar surface area (TPSA) is 71.3 Å². The highest BCUT2D eigenvalue weighted by molar-refractivity contribution is 5.77. The van der Waals surface area contributed by atoms with E-state index in [0.717, 1.165) is 17.1 Å². The van der Waals surface area contributed by atoms with Crippen LogP contribution in [0.1, 0.15) is 17.5 Å². The molecule has 0 aliphatic rings. The molecule has 5 heteroatoms. The quantitative estimate of drug-likeness (QED) is 0.714. The molecule has 5 nitrogen and oxygen atoms in total. The van der Waals surface area contributed by atoms with Gasteiger partial charge < -0.3 is 14.8 Å². The summed E-state index contributed by atoms with van der Waals surface area (Å²) < 4.78 is 11.4. The van der Waals surface area contributed by atoms with Gasteiger partial charge >= 0.3 is 0 Å². The molecule has 0 radical (unpaired) electrons. The Morgan fingerprint density at radius 1 is 1.08 bits per heavy atom. The minimum Gasteiger partial charge on any atom is -0.490 e. The summed E-state index contributed by atoms with van der Waals surface area (Å²) >= 11 is 0. The maximum atomic E-state index is 11.3. The van der Waals surface area contributed by atoms with Crippen LogP contribution in [0.15, 0.2) is 48.5 Å². The van der Waals surface area contributed by atoms with Gasteiger partial charge in [-0.1, -0.05) is 35.9 Å². The molecular formula is C20H22N2O3. The Morgan fingerprint density at radius 2 is 1.80 bits per heavy atom. The number of nitrogens with one attached hydrogen (secondary N) is 1. The van der Waals surface area contributed by atoms with Crippen molar-refractivity contribution in [2.24, 2.45) is 0 Å². The maximum Gasteiger partial charge on any atom is 0.234 e. The van der Waals surface area contributed by atoms with E-state index in [2.05, 4.69) is 5.32 Å². The van der Waals surface area contributed by atoms with Crippen molar-refractivity contribution in [3.05, 3.63) is 59.7 Å². The normalized spacial score (nSPS) is 9.92. The average Bonchev–Trinajstić information content (AvgIpc) is 2.61. The number of carbonyl (C=O) groups excluding carboxylic acids is 1. The van der Waals surface area contributed by atoms with Gasteiger partial charge in [0.05, 0.1) is 6.07 Å². The molecule has 2 aromatic rings. The van der Waals surface area contributed by atoms with E-state index in [1.54, 1.807) is 0 Å². The van der Waals surface area contributed by atoms with Crippen molar-refractivity contribution >= 4 is 5.91 Å². The molecular weight excluding hydrogens is 316 g/mol. The lowest BCUT2D eigenvalue weighted by Crippen LogP contribution is -2.25. The first-order chi connectivity index (χ1) is 12.2. The fourth-order valence-corrected chi connectivity index (χ4v) is 2.27. The highest BCUT2D eigenvalue weighted by Crippen LogP contribution is 2.18. The van der Waals surface area contributed by atoms with Gasteiger partial charge in [-0.05, 0) is 37.1 Å². The van der Waals surface area contributed by atoms with Crippen LogP contribution in [0.5, 0.6) is 11.5 Å². The van der Waals surface area contributed by atoms with Gasteiger partial charge in [0, 0.05) is 6.54 Å². The summed E-state index contributed by atoms with van der Waals surface area (Å²) in [5.41, 5.74) is 2.20. The average molecular weight is 338 g/mol. The Kier molecular flexibility index (Phi) is 7.33. The molecule has 130 valence electrons. The van der Waals surface area contributed by atoms with Crippen LogP contribution in [-0.2, 0) is 11.2 Å². The molecule has 0 spiro atoms. The third-order valence-corrected chi connectivity index (χ3v) is 3.56. The van der Waals surface area contributed by atoms with E-state index in [0.29, 0.717) is 26.2 Å². The van der Waals surface area contributed by atoms with E-state index in [4.69, 9.17) is 14.7 Å². The highest BCUT2D eigenvalue weighted by Gasteiger charge is 2.05. The van der Waals surface area contributed by atoms with Crippen molar-refractivity contribution in [1.82, 2.24) is 5.32 Å². The molecule has 2 rings (SSSR count). The van der Waals surface area contributed by atoms with Gasteiger partial charge in [-0.2, -0.15) is 5.26 Å². The van der Waals surface area contributed by atoms with Crippen molar-refractivity contribution in [2.45, 2.75) is 19.8 Å². The van der Waals surface area contributed by atoms with Crippen LogP contribution in [0, 0.1) is 18.3 Å². The Morgan fingerprint density at radius 3 is 2.56 bits per heavy atom. The van der Waals surface area contributed by atoms with Gasteiger partial charge in [0.25, 0.3) is 0 Å². The van der Waals surface area contributed by atoms with Gasteiger partial charge in [0.2, 0.25) is 5.91 Å². The summed E-state index contributed by atoms with van der Waals surface area (Å²) in [6.07, 6.45) is 0.528. The molecule has 1 amide bonds. The number of aryl methyl sites for hydroxylation is 1. The van der Waals surface area contributed by atoms with Crippen LogP contribution in [0.3, 0.4) is 0 Å². The Hall–Kier alpha value is -3.00. The largest absolute Gasteiger partial charge is 0.490 e. The number of para-hydroxylation sites is 1. The zero-order chi connectivity index (χ0) is 17.9. The number of rotatable bonds is 9. The van der Waals surface area contributed by atoms with Crippen LogP contribution in [0.2, 0.25) is 0 Å². The molecule has 0 bridgehead atoms. The predicted molar refractivity (Wildman–Crippen MR) is 95.6 cm³/mol.